The molecule has 2 aromatic heterocycles. The maximum atomic E-state index is 14.4. The van der Waals surface area contributed by atoms with Gasteiger partial charge in [0.2, 0.25) is 0 Å². The molecule has 1 saturated carbocycles. The van der Waals surface area contributed by atoms with Gasteiger partial charge >= 0.3 is 0 Å². The largest absolute Gasteiger partial charge is 0.367 e. The summed E-state index contributed by atoms with van der Waals surface area (Å²) in [5.41, 5.74) is 2.39. The van der Waals surface area contributed by atoms with Crippen LogP contribution in [0.25, 0.3) is 33.4 Å². The zero-order valence-electron chi connectivity index (χ0n) is 17.0. The van der Waals surface area contributed by atoms with Crippen molar-refractivity contribution in [3.05, 3.63) is 72.6 Å². The molecule has 2 aromatic carbocycles. The summed E-state index contributed by atoms with van der Waals surface area (Å²) in [6.45, 7) is 0. The van der Waals surface area contributed by atoms with Gasteiger partial charge < -0.3 is 5.32 Å². The standard InChI is InChI=1S/C25H22F2N4/c26-21-10-4-9-19(23(21)27)16-11-12-22-20(14-16)25(29-18-7-2-1-3-8-18)31-24(30-22)17-6-5-13-28-15-17/h4-6,9-15,18H,1-3,7-8H2,(H,29,30,31). The normalized spacial score (nSPS) is 14.6. The molecule has 0 unspecified atom stereocenters. The van der Waals surface area contributed by atoms with E-state index >= 15 is 0 Å². The van der Waals surface area contributed by atoms with Crippen LogP contribution < -0.4 is 5.32 Å². The van der Waals surface area contributed by atoms with Crippen molar-refractivity contribution in [2.24, 2.45) is 0 Å². The molecule has 156 valence electrons. The lowest BCUT2D eigenvalue weighted by atomic mass is 9.95. The van der Waals surface area contributed by atoms with E-state index < -0.39 is 11.6 Å². The van der Waals surface area contributed by atoms with Crippen molar-refractivity contribution in [2.45, 2.75) is 38.1 Å². The Hall–Kier alpha value is -3.41. The van der Waals surface area contributed by atoms with Crippen molar-refractivity contribution in [3.63, 3.8) is 0 Å². The van der Waals surface area contributed by atoms with Gasteiger partial charge in [-0.2, -0.15) is 0 Å². The third kappa shape index (κ3) is 3.98. The summed E-state index contributed by atoms with van der Waals surface area (Å²) >= 11 is 0. The minimum atomic E-state index is -0.860. The Kier molecular flexibility index (Phi) is 5.28. The highest BCUT2D eigenvalue weighted by molar-refractivity contribution is 5.94. The Morgan fingerprint density at radius 3 is 2.55 bits per heavy atom. The number of benzene rings is 2. The second-order valence-electron chi connectivity index (χ2n) is 7.95. The van der Waals surface area contributed by atoms with Gasteiger partial charge in [0, 0.05) is 34.9 Å². The molecule has 0 bridgehead atoms. The topological polar surface area (TPSA) is 50.7 Å². The van der Waals surface area contributed by atoms with E-state index in [1.807, 2.05) is 24.3 Å². The summed E-state index contributed by atoms with van der Waals surface area (Å²) in [5.74, 6) is -0.407. The third-order valence-corrected chi connectivity index (χ3v) is 5.82. The van der Waals surface area contributed by atoms with Gasteiger partial charge in [-0.25, -0.2) is 18.7 Å². The minimum absolute atomic E-state index is 0.224. The number of halogens is 2. The molecule has 5 rings (SSSR count). The zero-order valence-corrected chi connectivity index (χ0v) is 17.0. The fourth-order valence-corrected chi connectivity index (χ4v) is 4.20. The first kappa shape index (κ1) is 19.5. The fraction of sp³-hybridized carbons (Fsp3) is 0.240. The Bertz CT molecular complexity index is 1220. The molecule has 6 heteroatoms. The van der Waals surface area contributed by atoms with E-state index in [2.05, 4.69) is 10.3 Å². The van der Waals surface area contributed by atoms with Gasteiger partial charge in [0.25, 0.3) is 0 Å². The van der Waals surface area contributed by atoms with Crippen molar-refractivity contribution < 1.29 is 8.78 Å². The molecule has 31 heavy (non-hydrogen) atoms. The molecular formula is C25H22F2N4. The molecule has 4 nitrogen and oxygen atoms in total. The minimum Gasteiger partial charge on any atom is -0.367 e. The van der Waals surface area contributed by atoms with Gasteiger partial charge in [-0.3, -0.25) is 4.98 Å². The van der Waals surface area contributed by atoms with Crippen molar-refractivity contribution in [3.8, 4) is 22.5 Å². The van der Waals surface area contributed by atoms with Crippen molar-refractivity contribution in [1.29, 1.82) is 0 Å². The number of hydrogen-bond acceptors (Lipinski definition) is 4. The number of fused-ring (bicyclic) bond motifs is 1. The first-order valence-electron chi connectivity index (χ1n) is 10.6. The SMILES string of the molecule is Fc1cccc(-c2ccc3nc(-c4cccnc4)nc(NC4CCCCC4)c3c2)c1F. The van der Waals surface area contributed by atoms with E-state index in [1.54, 1.807) is 24.5 Å². The van der Waals surface area contributed by atoms with Gasteiger partial charge in [-0.05, 0) is 48.7 Å². The highest BCUT2D eigenvalue weighted by Crippen LogP contribution is 2.32. The highest BCUT2D eigenvalue weighted by Gasteiger charge is 2.18. The maximum absolute atomic E-state index is 14.4. The van der Waals surface area contributed by atoms with Crippen LogP contribution >= 0.6 is 0 Å². The number of hydrogen-bond donors (Lipinski definition) is 1. The summed E-state index contributed by atoms with van der Waals surface area (Å²) in [7, 11) is 0. The van der Waals surface area contributed by atoms with Crippen molar-refractivity contribution >= 4 is 16.7 Å². The van der Waals surface area contributed by atoms with E-state index in [1.165, 1.54) is 25.3 Å². The highest BCUT2D eigenvalue weighted by atomic mass is 19.2. The van der Waals surface area contributed by atoms with Gasteiger partial charge in [0.05, 0.1) is 5.52 Å². The Morgan fingerprint density at radius 2 is 1.74 bits per heavy atom. The van der Waals surface area contributed by atoms with Gasteiger partial charge in [-0.1, -0.05) is 37.5 Å². The molecule has 0 atom stereocenters. The lowest BCUT2D eigenvalue weighted by molar-refractivity contribution is 0.462. The Labute approximate surface area is 179 Å². The van der Waals surface area contributed by atoms with Crippen LogP contribution in [-0.2, 0) is 0 Å². The second-order valence-corrected chi connectivity index (χ2v) is 7.95. The number of pyridine rings is 1. The molecule has 1 aliphatic carbocycles. The summed E-state index contributed by atoms with van der Waals surface area (Å²) in [4.78, 5) is 13.7. The Balaban J connectivity index is 1.65. The molecule has 2 heterocycles. The summed E-state index contributed by atoms with van der Waals surface area (Å²) in [5, 5.41) is 4.39. The van der Waals surface area contributed by atoms with Crippen molar-refractivity contribution in [1.82, 2.24) is 15.0 Å². The summed E-state index contributed by atoms with van der Waals surface area (Å²) in [6, 6.07) is 13.8. The molecule has 0 radical (unpaired) electrons. The van der Waals surface area contributed by atoms with Gasteiger partial charge in [0.15, 0.2) is 17.5 Å². The predicted octanol–water partition coefficient (Wildman–Crippen LogP) is 6.38. The van der Waals surface area contributed by atoms with Crippen LogP contribution in [0, 0.1) is 11.6 Å². The molecule has 0 saturated heterocycles. The number of nitrogens with one attached hydrogen (secondary N) is 1. The zero-order chi connectivity index (χ0) is 21.2. The molecule has 0 aliphatic heterocycles. The van der Waals surface area contributed by atoms with Gasteiger partial charge in [0.1, 0.15) is 5.82 Å². The molecule has 4 aromatic rings. The van der Waals surface area contributed by atoms with Crippen LogP contribution in [0.3, 0.4) is 0 Å². The predicted molar refractivity (Wildman–Crippen MR) is 119 cm³/mol. The average Bonchev–Trinajstić information content (AvgIpc) is 2.82. The van der Waals surface area contributed by atoms with Crippen molar-refractivity contribution in [2.75, 3.05) is 5.32 Å². The van der Waals surface area contributed by atoms with Crippen LogP contribution in [0.5, 0.6) is 0 Å². The van der Waals surface area contributed by atoms with Crippen LogP contribution in [0.4, 0.5) is 14.6 Å². The van der Waals surface area contributed by atoms with Gasteiger partial charge in [-0.15, -0.1) is 0 Å². The molecule has 0 spiro atoms. The molecule has 0 amide bonds. The van der Waals surface area contributed by atoms with E-state index in [4.69, 9.17) is 9.97 Å². The monoisotopic (exact) mass is 416 g/mol. The quantitative estimate of drug-likeness (QED) is 0.419. The number of nitrogens with zero attached hydrogens (tertiary/aromatic N) is 3. The first-order valence-corrected chi connectivity index (χ1v) is 10.6. The number of rotatable bonds is 4. The summed E-state index contributed by atoms with van der Waals surface area (Å²) < 4.78 is 28.2. The fourth-order valence-electron chi connectivity index (χ4n) is 4.20. The van der Waals surface area contributed by atoms with Crippen LogP contribution in [0.1, 0.15) is 32.1 Å². The van der Waals surface area contributed by atoms with E-state index in [0.717, 1.165) is 41.2 Å². The molecule has 1 N–H and O–H groups in total. The van der Waals surface area contributed by atoms with Crippen LogP contribution in [0.2, 0.25) is 0 Å². The number of anilines is 1. The second kappa shape index (κ2) is 8.38. The van der Waals surface area contributed by atoms with E-state index in [9.17, 15) is 8.78 Å². The lowest BCUT2D eigenvalue weighted by Crippen LogP contribution is -2.23. The van der Waals surface area contributed by atoms with E-state index in [-0.39, 0.29) is 5.56 Å². The number of aromatic nitrogens is 3. The Morgan fingerprint density at radius 1 is 0.871 bits per heavy atom. The molecule has 1 fully saturated rings. The summed E-state index contributed by atoms with van der Waals surface area (Å²) in [6.07, 6.45) is 9.27. The van der Waals surface area contributed by atoms with E-state index in [0.29, 0.717) is 17.4 Å². The van der Waals surface area contributed by atoms with Crippen LogP contribution in [-0.4, -0.2) is 21.0 Å². The molecular weight excluding hydrogens is 394 g/mol. The third-order valence-electron chi connectivity index (χ3n) is 5.82. The lowest BCUT2D eigenvalue weighted by Gasteiger charge is -2.24. The first-order chi connectivity index (χ1) is 15.2. The maximum Gasteiger partial charge on any atom is 0.166 e. The smallest absolute Gasteiger partial charge is 0.166 e. The molecule has 1 aliphatic rings. The average molecular weight is 416 g/mol. The van der Waals surface area contributed by atoms with Crippen LogP contribution in [0.15, 0.2) is 60.9 Å².